The molecule has 0 nitrogen and oxygen atoms in total. The smallest absolute Gasteiger partial charge is 0.0771 e. The van der Waals surface area contributed by atoms with Crippen LogP contribution in [0.15, 0.2) is 103 Å². The molecule has 0 saturated carbocycles. The molecule has 0 amide bonds. The van der Waals surface area contributed by atoms with E-state index in [1.807, 2.05) is 18.2 Å². The Morgan fingerprint density at radius 3 is 1.69 bits per heavy atom. The molecular formula is C28H28Ti-4. The van der Waals surface area contributed by atoms with Crippen LogP contribution in [0.5, 0.6) is 0 Å². The summed E-state index contributed by atoms with van der Waals surface area (Å²) in [5.41, 5.74) is 1.33. The second-order valence-corrected chi connectivity index (χ2v) is 7.48. The first-order chi connectivity index (χ1) is 13.3. The van der Waals surface area contributed by atoms with Crippen LogP contribution in [0.1, 0.15) is 18.9 Å². The van der Waals surface area contributed by atoms with Gasteiger partial charge in [-0.2, -0.15) is 6.08 Å². The fraction of sp³-hybridized carbons (Fsp3) is 0.0714. The zero-order valence-electron chi connectivity index (χ0n) is 17.5. The number of hydrogen-bond acceptors (Lipinski definition) is 0. The van der Waals surface area contributed by atoms with Crippen LogP contribution in [0.2, 0.25) is 0 Å². The van der Waals surface area contributed by atoms with Crippen molar-refractivity contribution in [1.29, 1.82) is 0 Å². The number of allylic oxidation sites excluding steroid dienone is 4. The van der Waals surface area contributed by atoms with Gasteiger partial charge in [-0.1, -0.05) is 36.4 Å². The molecule has 0 bridgehead atoms. The largest absolute Gasteiger partial charge is 0.358 e. The van der Waals surface area contributed by atoms with E-state index in [2.05, 4.69) is 118 Å². The number of hydrogen-bond donors (Lipinski definition) is 0. The van der Waals surface area contributed by atoms with Crippen LogP contribution in [0, 0.1) is 20.9 Å². The monoisotopic (exact) mass is 412 g/mol. The van der Waals surface area contributed by atoms with Gasteiger partial charge < -0.3 is 14.9 Å². The fourth-order valence-electron chi connectivity index (χ4n) is 2.93. The van der Waals surface area contributed by atoms with E-state index in [4.69, 9.17) is 0 Å². The molecule has 0 heterocycles. The molecule has 29 heavy (non-hydrogen) atoms. The maximum Gasteiger partial charge on any atom is -0.0771 e. The first-order valence-corrected chi connectivity index (χ1v) is 9.89. The molecule has 4 aromatic rings. The zero-order chi connectivity index (χ0) is 18.9. The third kappa shape index (κ3) is 7.16. The summed E-state index contributed by atoms with van der Waals surface area (Å²) in [5, 5.41) is 5.39. The van der Waals surface area contributed by atoms with Gasteiger partial charge >= 0.3 is 66.6 Å². The molecule has 0 spiro atoms. The Labute approximate surface area is 187 Å². The fourth-order valence-corrected chi connectivity index (χ4v) is 3.19. The van der Waals surface area contributed by atoms with E-state index in [-0.39, 0.29) is 14.9 Å². The second-order valence-electron chi connectivity index (χ2n) is 6.31. The third-order valence-corrected chi connectivity index (χ3v) is 4.77. The molecule has 1 aliphatic carbocycles. The SMILES string of the molecule is C[C](=[Ti])c1ccccc1.[C-]1=CC=CC1.[CH3-].[CH3-].c1ccc2c(c1)[cH-]c1ccccc12. The van der Waals surface area contributed by atoms with Crippen molar-refractivity contribution in [2.45, 2.75) is 13.3 Å². The van der Waals surface area contributed by atoms with Crippen molar-refractivity contribution in [3.8, 4) is 0 Å². The molecule has 0 unspecified atom stereocenters. The van der Waals surface area contributed by atoms with Gasteiger partial charge in [0.25, 0.3) is 0 Å². The summed E-state index contributed by atoms with van der Waals surface area (Å²) in [4.78, 5) is 0. The number of benzene rings is 3. The van der Waals surface area contributed by atoms with E-state index in [1.165, 1.54) is 30.9 Å². The van der Waals surface area contributed by atoms with Gasteiger partial charge in [0.1, 0.15) is 0 Å². The molecule has 0 saturated heterocycles. The Morgan fingerprint density at radius 2 is 1.31 bits per heavy atom. The average Bonchev–Trinajstić information content (AvgIpc) is 3.41. The summed E-state index contributed by atoms with van der Waals surface area (Å²) in [5.74, 6) is 0. The Bertz CT molecular complexity index is 1000. The first-order valence-electron chi connectivity index (χ1n) is 9.11. The van der Waals surface area contributed by atoms with Gasteiger partial charge in [0, 0.05) is 0 Å². The van der Waals surface area contributed by atoms with Crippen LogP contribution >= 0.6 is 0 Å². The van der Waals surface area contributed by atoms with Gasteiger partial charge in [0.05, 0.1) is 0 Å². The number of fused-ring (bicyclic) bond motifs is 3. The van der Waals surface area contributed by atoms with Crippen molar-refractivity contribution in [1.82, 2.24) is 0 Å². The van der Waals surface area contributed by atoms with E-state index in [0.29, 0.717) is 0 Å². The minimum atomic E-state index is 0. The van der Waals surface area contributed by atoms with Gasteiger partial charge in [-0.25, -0.2) is 12.2 Å². The van der Waals surface area contributed by atoms with Gasteiger partial charge in [-0.3, -0.25) is 6.08 Å². The summed E-state index contributed by atoms with van der Waals surface area (Å²) in [6, 6.07) is 29.7. The van der Waals surface area contributed by atoms with E-state index < -0.39 is 0 Å². The van der Waals surface area contributed by atoms with Gasteiger partial charge in [0.2, 0.25) is 0 Å². The van der Waals surface area contributed by atoms with Crippen molar-refractivity contribution in [2.24, 2.45) is 0 Å². The van der Waals surface area contributed by atoms with Crippen molar-refractivity contribution in [3.63, 3.8) is 0 Å². The van der Waals surface area contributed by atoms with E-state index in [9.17, 15) is 0 Å². The van der Waals surface area contributed by atoms with E-state index >= 15 is 0 Å². The minimum absolute atomic E-state index is 0. The maximum absolute atomic E-state index is 2.99. The van der Waals surface area contributed by atoms with Gasteiger partial charge in [-0.05, 0) is 0 Å². The Morgan fingerprint density at radius 1 is 0.793 bits per heavy atom. The van der Waals surface area contributed by atoms with Crippen LogP contribution < -0.4 is 0 Å². The van der Waals surface area contributed by atoms with E-state index in [0.717, 1.165) is 6.42 Å². The van der Waals surface area contributed by atoms with Crippen LogP contribution in [-0.4, -0.2) is 3.81 Å². The predicted octanol–water partition coefficient (Wildman–Crippen LogP) is 7.69. The quantitative estimate of drug-likeness (QED) is 0.222. The molecule has 0 atom stereocenters. The molecule has 5 rings (SSSR count). The summed E-state index contributed by atoms with van der Waals surface area (Å²) in [6.07, 6.45) is 10.0. The predicted molar refractivity (Wildman–Crippen MR) is 128 cm³/mol. The zero-order valence-corrected chi connectivity index (χ0v) is 19.1. The molecule has 1 aliphatic rings. The molecule has 1 heteroatoms. The molecule has 0 aromatic heterocycles. The topological polar surface area (TPSA) is 0 Å². The molecule has 0 aliphatic heterocycles. The molecule has 0 N–H and O–H groups in total. The molecular weight excluding hydrogens is 384 g/mol. The Kier molecular flexibility index (Phi) is 11.0. The van der Waals surface area contributed by atoms with Gasteiger partial charge in [-0.15, -0.1) is 46.2 Å². The normalized spacial score (nSPS) is 10.8. The average molecular weight is 412 g/mol. The summed E-state index contributed by atoms with van der Waals surface area (Å²) in [7, 11) is 0. The standard InChI is InChI=1S/C13H9.C8H8.C5H5.2CH3.Ti/c1-3-7-12-10(5-1)9-11-6-2-4-8-13(11)12;1-2-8-6-4-3-5-7-8;1-2-4-5-3-1;;;/h1-9H;3-7H,1H3;1-3H,4H2;2*1H3;/q-1;;3*-1;. The third-order valence-electron chi connectivity index (χ3n) is 4.32. The summed E-state index contributed by atoms with van der Waals surface area (Å²) >= 11 is 2.12. The minimum Gasteiger partial charge on any atom is -0.358 e. The number of rotatable bonds is 1. The summed E-state index contributed by atoms with van der Waals surface area (Å²) in [6.45, 7) is 2.12. The van der Waals surface area contributed by atoms with Crippen molar-refractivity contribution in [3.05, 3.63) is 130 Å². The molecule has 148 valence electrons. The maximum atomic E-state index is 2.99. The van der Waals surface area contributed by atoms with Crippen molar-refractivity contribution < 1.29 is 20.0 Å². The molecule has 0 radical (unpaired) electrons. The van der Waals surface area contributed by atoms with Gasteiger partial charge in [0.15, 0.2) is 0 Å². The van der Waals surface area contributed by atoms with Crippen molar-refractivity contribution in [2.75, 3.05) is 0 Å². The Hall–Kier alpha value is -2.41. The van der Waals surface area contributed by atoms with E-state index in [1.54, 1.807) is 0 Å². The van der Waals surface area contributed by atoms with Crippen LogP contribution in [0.4, 0.5) is 0 Å². The molecule has 4 aromatic carbocycles. The Balaban J connectivity index is 0.000000231. The summed E-state index contributed by atoms with van der Waals surface area (Å²) < 4.78 is 1.37. The van der Waals surface area contributed by atoms with Crippen LogP contribution in [0.25, 0.3) is 21.5 Å². The second kappa shape index (κ2) is 12.9. The first kappa shape index (κ1) is 24.6. The molecule has 0 fully saturated rings. The van der Waals surface area contributed by atoms with Crippen LogP contribution in [0.3, 0.4) is 0 Å². The van der Waals surface area contributed by atoms with Crippen LogP contribution in [-0.2, 0) is 20.0 Å². The van der Waals surface area contributed by atoms with Crippen molar-refractivity contribution >= 4 is 25.4 Å².